The van der Waals surface area contributed by atoms with Crippen molar-refractivity contribution < 1.29 is 18.0 Å². The molecule has 1 N–H and O–H groups in total. The van der Waals surface area contributed by atoms with Gasteiger partial charge in [0.25, 0.3) is 0 Å². The Bertz CT molecular complexity index is 456. The SMILES string of the molecule is CN1CCC(NCc2ccc(C(F)(F)F)cc2)C1=O. The summed E-state index contributed by atoms with van der Waals surface area (Å²) in [6.45, 7) is 1.10. The Balaban J connectivity index is 1.92. The summed E-state index contributed by atoms with van der Waals surface area (Å²) in [7, 11) is 1.74. The molecule has 0 aromatic heterocycles. The van der Waals surface area contributed by atoms with Gasteiger partial charge >= 0.3 is 6.18 Å². The Kier molecular flexibility index (Phi) is 3.80. The lowest BCUT2D eigenvalue weighted by molar-refractivity contribution is -0.137. The Morgan fingerprint density at radius 2 is 1.95 bits per heavy atom. The van der Waals surface area contributed by atoms with Gasteiger partial charge < -0.3 is 10.2 Å². The molecule has 1 aliphatic heterocycles. The second-order valence-corrected chi connectivity index (χ2v) is 4.68. The number of amides is 1. The minimum Gasteiger partial charge on any atom is -0.344 e. The van der Waals surface area contributed by atoms with Crippen molar-refractivity contribution >= 4 is 5.91 Å². The Morgan fingerprint density at radius 1 is 1.32 bits per heavy atom. The molecule has 104 valence electrons. The molecule has 3 nitrogen and oxygen atoms in total. The lowest BCUT2D eigenvalue weighted by Gasteiger charge is -2.12. The summed E-state index contributed by atoms with van der Waals surface area (Å²) in [4.78, 5) is 13.3. The van der Waals surface area contributed by atoms with Crippen LogP contribution >= 0.6 is 0 Å². The molecule has 1 saturated heterocycles. The van der Waals surface area contributed by atoms with Gasteiger partial charge in [0.2, 0.25) is 5.91 Å². The average Bonchev–Trinajstić information content (AvgIpc) is 2.67. The van der Waals surface area contributed by atoms with Crippen molar-refractivity contribution in [1.82, 2.24) is 10.2 Å². The molecule has 1 amide bonds. The zero-order valence-corrected chi connectivity index (χ0v) is 10.5. The van der Waals surface area contributed by atoms with Crippen molar-refractivity contribution in [3.63, 3.8) is 0 Å². The van der Waals surface area contributed by atoms with E-state index < -0.39 is 11.7 Å². The number of halogens is 3. The minimum atomic E-state index is -4.31. The molecule has 0 bridgehead atoms. The van der Waals surface area contributed by atoms with Crippen molar-refractivity contribution in [2.75, 3.05) is 13.6 Å². The van der Waals surface area contributed by atoms with E-state index in [-0.39, 0.29) is 11.9 Å². The van der Waals surface area contributed by atoms with Gasteiger partial charge in [-0.15, -0.1) is 0 Å². The summed E-state index contributed by atoms with van der Waals surface area (Å²) in [6, 6.07) is 4.74. The van der Waals surface area contributed by atoms with Crippen LogP contribution in [0.25, 0.3) is 0 Å². The van der Waals surface area contributed by atoms with Crippen LogP contribution in [0.5, 0.6) is 0 Å². The lowest BCUT2D eigenvalue weighted by Crippen LogP contribution is -2.36. The second-order valence-electron chi connectivity index (χ2n) is 4.68. The quantitative estimate of drug-likeness (QED) is 0.913. The molecule has 1 aromatic rings. The third kappa shape index (κ3) is 3.26. The number of carbonyl (C=O) groups excluding carboxylic acids is 1. The van der Waals surface area contributed by atoms with E-state index in [4.69, 9.17) is 0 Å². The van der Waals surface area contributed by atoms with Crippen LogP contribution in [-0.4, -0.2) is 30.4 Å². The van der Waals surface area contributed by atoms with Gasteiger partial charge in [-0.2, -0.15) is 13.2 Å². The van der Waals surface area contributed by atoms with Gasteiger partial charge in [-0.1, -0.05) is 12.1 Å². The van der Waals surface area contributed by atoms with Gasteiger partial charge in [0.05, 0.1) is 11.6 Å². The van der Waals surface area contributed by atoms with Crippen LogP contribution in [0.4, 0.5) is 13.2 Å². The van der Waals surface area contributed by atoms with E-state index in [2.05, 4.69) is 5.32 Å². The molecule has 1 atom stereocenters. The average molecular weight is 272 g/mol. The first-order chi connectivity index (χ1) is 8.88. The molecule has 1 aliphatic rings. The number of rotatable bonds is 3. The molecule has 0 aliphatic carbocycles. The van der Waals surface area contributed by atoms with Gasteiger partial charge in [-0.3, -0.25) is 4.79 Å². The smallest absolute Gasteiger partial charge is 0.344 e. The van der Waals surface area contributed by atoms with E-state index >= 15 is 0 Å². The van der Waals surface area contributed by atoms with Crippen molar-refractivity contribution in [2.45, 2.75) is 25.2 Å². The van der Waals surface area contributed by atoms with Crippen LogP contribution in [0.3, 0.4) is 0 Å². The summed E-state index contributed by atoms with van der Waals surface area (Å²) in [5.41, 5.74) is 0.0725. The predicted octanol–water partition coefficient (Wildman–Crippen LogP) is 2.03. The number of hydrogen-bond acceptors (Lipinski definition) is 2. The molecule has 19 heavy (non-hydrogen) atoms. The monoisotopic (exact) mass is 272 g/mol. The van der Waals surface area contributed by atoms with Crippen LogP contribution < -0.4 is 5.32 Å². The molecule has 1 unspecified atom stereocenters. The number of hydrogen-bond donors (Lipinski definition) is 1. The Hall–Kier alpha value is -1.56. The van der Waals surface area contributed by atoms with Crippen molar-refractivity contribution in [3.05, 3.63) is 35.4 Å². The lowest BCUT2D eigenvalue weighted by atomic mass is 10.1. The molecule has 2 rings (SSSR count). The second kappa shape index (κ2) is 5.21. The van der Waals surface area contributed by atoms with Gasteiger partial charge in [0, 0.05) is 20.1 Å². The Morgan fingerprint density at radius 3 is 2.42 bits per heavy atom. The van der Waals surface area contributed by atoms with Crippen molar-refractivity contribution in [1.29, 1.82) is 0 Å². The molecule has 6 heteroatoms. The van der Waals surface area contributed by atoms with E-state index in [9.17, 15) is 18.0 Å². The highest BCUT2D eigenvalue weighted by atomic mass is 19.4. The largest absolute Gasteiger partial charge is 0.416 e. The number of alkyl halides is 3. The van der Waals surface area contributed by atoms with Gasteiger partial charge in [0.1, 0.15) is 0 Å². The van der Waals surface area contributed by atoms with Crippen LogP contribution in [0.2, 0.25) is 0 Å². The van der Waals surface area contributed by atoms with Crippen LogP contribution in [0, 0.1) is 0 Å². The Labute approximate surface area is 109 Å². The number of benzene rings is 1. The summed E-state index contributed by atoms with van der Waals surface area (Å²) in [6.07, 6.45) is -3.58. The fourth-order valence-corrected chi connectivity index (χ4v) is 2.06. The van der Waals surface area contributed by atoms with Gasteiger partial charge in [-0.05, 0) is 24.1 Å². The maximum atomic E-state index is 12.4. The van der Waals surface area contributed by atoms with E-state index in [0.29, 0.717) is 13.1 Å². The minimum absolute atomic E-state index is 0.0342. The third-order valence-electron chi connectivity index (χ3n) is 3.26. The van der Waals surface area contributed by atoms with Crippen LogP contribution in [0.1, 0.15) is 17.5 Å². The zero-order valence-electron chi connectivity index (χ0n) is 10.5. The molecular formula is C13H15F3N2O. The first-order valence-electron chi connectivity index (χ1n) is 6.02. The fourth-order valence-electron chi connectivity index (χ4n) is 2.06. The van der Waals surface area contributed by atoms with Crippen LogP contribution in [-0.2, 0) is 17.5 Å². The molecule has 0 saturated carbocycles. The molecule has 0 radical (unpaired) electrons. The highest BCUT2D eigenvalue weighted by Crippen LogP contribution is 2.29. The zero-order chi connectivity index (χ0) is 14.0. The molecule has 1 heterocycles. The number of carbonyl (C=O) groups is 1. The van der Waals surface area contributed by atoms with E-state index in [1.165, 1.54) is 12.1 Å². The summed E-state index contributed by atoms with van der Waals surface area (Å²) >= 11 is 0. The maximum Gasteiger partial charge on any atom is 0.416 e. The number of nitrogens with one attached hydrogen (secondary N) is 1. The first-order valence-corrected chi connectivity index (χ1v) is 6.02. The maximum absolute atomic E-state index is 12.4. The molecular weight excluding hydrogens is 257 g/mol. The topological polar surface area (TPSA) is 32.3 Å². The molecule has 0 spiro atoms. The number of likely N-dealkylation sites (N-methyl/N-ethyl adjacent to an activating group) is 1. The van der Waals surface area contributed by atoms with E-state index in [0.717, 1.165) is 24.1 Å². The summed E-state index contributed by atoms with van der Waals surface area (Å²) < 4.78 is 37.1. The third-order valence-corrected chi connectivity index (χ3v) is 3.26. The van der Waals surface area contributed by atoms with E-state index in [1.54, 1.807) is 11.9 Å². The van der Waals surface area contributed by atoms with Gasteiger partial charge in [0.15, 0.2) is 0 Å². The predicted molar refractivity (Wildman–Crippen MR) is 64.3 cm³/mol. The summed E-state index contributed by atoms with van der Waals surface area (Å²) in [5, 5.41) is 3.06. The van der Waals surface area contributed by atoms with Crippen molar-refractivity contribution in [3.8, 4) is 0 Å². The van der Waals surface area contributed by atoms with E-state index in [1.807, 2.05) is 0 Å². The van der Waals surface area contributed by atoms with Crippen LogP contribution in [0.15, 0.2) is 24.3 Å². The number of nitrogens with zero attached hydrogens (tertiary/aromatic N) is 1. The standard InChI is InChI=1S/C13H15F3N2O/c1-18-7-6-11(12(18)19)17-8-9-2-4-10(5-3-9)13(14,15)16/h2-5,11,17H,6-8H2,1H3. The highest BCUT2D eigenvalue weighted by molar-refractivity contribution is 5.83. The summed E-state index contributed by atoms with van der Waals surface area (Å²) in [5.74, 6) is 0.0342. The number of likely N-dealkylation sites (tertiary alicyclic amines) is 1. The first kappa shape index (κ1) is 13.9. The van der Waals surface area contributed by atoms with Gasteiger partial charge in [-0.25, -0.2) is 0 Å². The highest BCUT2D eigenvalue weighted by Gasteiger charge is 2.30. The molecule has 1 aromatic carbocycles. The van der Waals surface area contributed by atoms with Crippen molar-refractivity contribution in [2.24, 2.45) is 0 Å². The fraction of sp³-hybridized carbons (Fsp3) is 0.462. The normalized spacial score (nSPS) is 20.1. The molecule has 1 fully saturated rings.